The maximum Gasteiger partial charge on any atom is 0.222 e. The minimum absolute atomic E-state index is 0.139. The van der Waals surface area contributed by atoms with Crippen LogP contribution in [0.2, 0.25) is 0 Å². The van der Waals surface area contributed by atoms with E-state index in [-0.39, 0.29) is 11.9 Å². The lowest BCUT2D eigenvalue weighted by molar-refractivity contribution is -0.129. The van der Waals surface area contributed by atoms with Gasteiger partial charge in [-0.3, -0.25) is 9.69 Å². The van der Waals surface area contributed by atoms with Gasteiger partial charge in [-0.2, -0.15) is 0 Å². The number of aliphatic hydroxyl groups excluding tert-OH is 1. The zero-order valence-corrected chi connectivity index (χ0v) is 15.6. The lowest BCUT2D eigenvalue weighted by Crippen LogP contribution is -2.44. The quantitative estimate of drug-likeness (QED) is 0.756. The largest absolute Gasteiger partial charge is 0.390 e. The predicted octanol–water partition coefficient (Wildman–Crippen LogP) is 1.58. The summed E-state index contributed by atoms with van der Waals surface area (Å²) in [7, 11) is 1.96. The van der Waals surface area contributed by atoms with E-state index in [1.165, 1.54) is 4.88 Å². The molecule has 0 saturated carbocycles. The summed E-state index contributed by atoms with van der Waals surface area (Å²) in [5.74, 6) is 0.139. The number of β-amino-alcohol motifs (C(OH)–C–C–N with tert-alkyl or cyclic N) is 1. The molecule has 5 nitrogen and oxygen atoms in total. The average molecular weight is 370 g/mol. The van der Waals surface area contributed by atoms with Crippen molar-refractivity contribution in [3.8, 4) is 0 Å². The van der Waals surface area contributed by atoms with E-state index in [2.05, 4.69) is 21.2 Å². The molecular weight excluding hydrogens is 341 g/mol. The molecule has 1 N–H and O–H groups in total. The third-order valence-electron chi connectivity index (χ3n) is 5.06. The molecule has 1 aromatic heterocycles. The zero-order valence-electron chi connectivity index (χ0n) is 14.8. The Morgan fingerprint density at radius 3 is 3.04 bits per heavy atom. The molecule has 0 unspecified atom stereocenters. The highest BCUT2D eigenvalue weighted by Crippen LogP contribution is 2.24. The van der Waals surface area contributed by atoms with E-state index in [1.54, 1.807) is 16.2 Å². The van der Waals surface area contributed by atoms with Gasteiger partial charge in [0, 0.05) is 56.6 Å². The maximum absolute atomic E-state index is 13.9. The second-order valence-corrected chi connectivity index (χ2v) is 8.35. The number of amides is 1. The molecule has 1 amide bonds. The van der Waals surface area contributed by atoms with Gasteiger partial charge in [0.05, 0.1) is 6.10 Å². The van der Waals surface area contributed by atoms with E-state index < -0.39 is 12.3 Å². The van der Waals surface area contributed by atoms with Gasteiger partial charge in [0.1, 0.15) is 6.17 Å². The Bertz CT molecular complexity index is 557. The second kappa shape index (κ2) is 8.58. The Labute approximate surface area is 153 Å². The minimum Gasteiger partial charge on any atom is -0.390 e. The summed E-state index contributed by atoms with van der Waals surface area (Å²) in [6, 6.07) is 4.29. The fraction of sp³-hybridized carbons (Fsp3) is 0.722. The summed E-state index contributed by atoms with van der Waals surface area (Å²) in [4.78, 5) is 18.9. The van der Waals surface area contributed by atoms with E-state index >= 15 is 0 Å². The molecule has 0 radical (unpaired) electrons. The predicted molar refractivity (Wildman–Crippen MR) is 97.3 cm³/mol. The third kappa shape index (κ3) is 5.23. The van der Waals surface area contributed by atoms with Crippen LogP contribution in [0.5, 0.6) is 0 Å². The van der Waals surface area contributed by atoms with Crippen LogP contribution >= 0.6 is 11.3 Å². The van der Waals surface area contributed by atoms with Gasteiger partial charge >= 0.3 is 0 Å². The van der Waals surface area contributed by atoms with Crippen LogP contribution in [0.4, 0.5) is 4.39 Å². The number of halogens is 1. The number of carbonyl (C=O) groups is 1. The molecule has 7 heteroatoms. The molecule has 0 aliphatic carbocycles. The van der Waals surface area contributed by atoms with E-state index in [0.717, 1.165) is 26.1 Å². The molecule has 3 atom stereocenters. The van der Waals surface area contributed by atoms with Crippen molar-refractivity contribution in [3.63, 3.8) is 0 Å². The first-order valence-corrected chi connectivity index (χ1v) is 9.94. The van der Waals surface area contributed by atoms with Crippen LogP contribution in [0.3, 0.4) is 0 Å². The van der Waals surface area contributed by atoms with Crippen LogP contribution in [-0.4, -0.2) is 83.8 Å². The molecule has 2 aliphatic rings. The monoisotopic (exact) mass is 369 g/mol. The summed E-state index contributed by atoms with van der Waals surface area (Å²) in [6.45, 7) is 3.67. The summed E-state index contributed by atoms with van der Waals surface area (Å²) in [5.41, 5.74) is 0. The molecule has 0 spiro atoms. The molecule has 1 aromatic rings. The Balaban J connectivity index is 1.46. The Morgan fingerprint density at radius 2 is 2.36 bits per heavy atom. The molecule has 2 fully saturated rings. The van der Waals surface area contributed by atoms with Crippen molar-refractivity contribution < 1.29 is 14.3 Å². The molecule has 2 saturated heterocycles. The van der Waals surface area contributed by atoms with Crippen molar-refractivity contribution >= 4 is 17.2 Å². The summed E-state index contributed by atoms with van der Waals surface area (Å²) in [6.07, 6.45) is 0.709. The SMILES string of the molecule is CN(C[C@H](O)CN1CCCC1=O)C[C@@H]1C[C@H](F)CN1Cc1cccs1. The van der Waals surface area contributed by atoms with Gasteiger partial charge in [-0.15, -0.1) is 11.3 Å². The van der Waals surface area contributed by atoms with Crippen molar-refractivity contribution in [2.24, 2.45) is 0 Å². The van der Waals surface area contributed by atoms with Crippen molar-refractivity contribution in [2.45, 2.75) is 44.1 Å². The Hall–Kier alpha value is -1.02. The van der Waals surface area contributed by atoms with Crippen molar-refractivity contribution in [3.05, 3.63) is 22.4 Å². The van der Waals surface area contributed by atoms with E-state index in [0.29, 0.717) is 32.5 Å². The zero-order chi connectivity index (χ0) is 17.8. The highest BCUT2D eigenvalue weighted by molar-refractivity contribution is 7.09. The van der Waals surface area contributed by atoms with Crippen molar-refractivity contribution in [1.29, 1.82) is 0 Å². The number of alkyl halides is 1. The van der Waals surface area contributed by atoms with Gasteiger partial charge in [-0.25, -0.2) is 4.39 Å². The Morgan fingerprint density at radius 1 is 1.52 bits per heavy atom. The van der Waals surface area contributed by atoms with Crippen LogP contribution in [0.15, 0.2) is 17.5 Å². The van der Waals surface area contributed by atoms with Crippen LogP contribution in [0, 0.1) is 0 Å². The number of aliphatic hydroxyl groups is 1. The number of carbonyl (C=O) groups excluding carboxylic acids is 1. The number of hydrogen-bond acceptors (Lipinski definition) is 5. The van der Waals surface area contributed by atoms with E-state index in [4.69, 9.17) is 0 Å². The number of hydrogen-bond donors (Lipinski definition) is 1. The van der Waals surface area contributed by atoms with Crippen LogP contribution < -0.4 is 0 Å². The molecule has 0 aromatic carbocycles. The van der Waals surface area contributed by atoms with Gasteiger partial charge in [-0.05, 0) is 31.3 Å². The molecule has 2 aliphatic heterocycles. The minimum atomic E-state index is -0.773. The summed E-state index contributed by atoms with van der Waals surface area (Å²) >= 11 is 1.71. The molecule has 3 rings (SSSR count). The first-order chi connectivity index (χ1) is 12.0. The number of likely N-dealkylation sites (tertiary alicyclic amines) is 2. The number of likely N-dealkylation sites (N-methyl/N-ethyl adjacent to an activating group) is 1. The molecule has 3 heterocycles. The van der Waals surface area contributed by atoms with Gasteiger partial charge in [0.2, 0.25) is 5.91 Å². The van der Waals surface area contributed by atoms with Gasteiger partial charge in [0.25, 0.3) is 0 Å². The highest BCUT2D eigenvalue weighted by atomic mass is 32.1. The molecule has 25 heavy (non-hydrogen) atoms. The molecule has 140 valence electrons. The molecular formula is C18H28FN3O2S. The molecule has 0 bridgehead atoms. The first-order valence-electron chi connectivity index (χ1n) is 9.06. The number of thiophene rings is 1. The fourth-order valence-corrected chi connectivity index (χ4v) is 4.64. The highest BCUT2D eigenvalue weighted by Gasteiger charge is 2.33. The summed E-state index contributed by atoms with van der Waals surface area (Å²) < 4.78 is 13.9. The van der Waals surface area contributed by atoms with Crippen LogP contribution in [0.1, 0.15) is 24.1 Å². The normalized spacial score (nSPS) is 26.1. The van der Waals surface area contributed by atoms with Gasteiger partial charge < -0.3 is 14.9 Å². The van der Waals surface area contributed by atoms with Crippen molar-refractivity contribution in [1.82, 2.24) is 14.7 Å². The average Bonchev–Trinajstić information content (AvgIpc) is 3.25. The number of nitrogens with zero attached hydrogens (tertiary/aromatic N) is 3. The van der Waals surface area contributed by atoms with E-state index in [1.807, 2.05) is 13.1 Å². The lowest BCUT2D eigenvalue weighted by atomic mass is 10.2. The van der Waals surface area contributed by atoms with Crippen LogP contribution in [0.25, 0.3) is 0 Å². The smallest absolute Gasteiger partial charge is 0.222 e. The first kappa shape index (κ1) is 18.8. The van der Waals surface area contributed by atoms with Gasteiger partial charge in [-0.1, -0.05) is 6.07 Å². The fourth-order valence-electron chi connectivity index (χ4n) is 3.91. The number of rotatable bonds is 8. The standard InChI is InChI=1S/C18H28FN3O2S/c1-20(11-16(23)12-21-6-2-5-18(21)24)10-15-8-14(19)9-22(15)13-17-4-3-7-25-17/h3-4,7,14-16,23H,2,5-6,8-13H2,1H3/t14-,15-,16-/m0/s1. The lowest BCUT2D eigenvalue weighted by Gasteiger charge is -2.30. The summed E-state index contributed by atoms with van der Waals surface area (Å²) in [5, 5.41) is 12.3. The van der Waals surface area contributed by atoms with Gasteiger partial charge in [0.15, 0.2) is 0 Å². The van der Waals surface area contributed by atoms with Crippen LogP contribution in [-0.2, 0) is 11.3 Å². The third-order valence-corrected chi connectivity index (χ3v) is 5.92. The van der Waals surface area contributed by atoms with Crippen molar-refractivity contribution in [2.75, 3.05) is 39.8 Å². The van der Waals surface area contributed by atoms with E-state index in [9.17, 15) is 14.3 Å². The topological polar surface area (TPSA) is 47.0 Å². The Kier molecular flexibility index (Phi) is 6.44. The maximum atomic E-state index is 13.9. The second-order valence-electron chi connectivity index (χ2n) is 7.31.